The largest absolute Gasteiger partial charge is 0.462 e. The number of nitrogens with zero attached hydrogens (tertiary/aromatic N) is 4. The van der Waals surface area contributed by atoms with Gasteiger partial charge in [-0.25, -0.2) is 19.6 Å². The molecule has 180 valence electrons. The first-order valence-corrected chi connectivity index (χ1v) is 11.7. The van der Waals surface area contributed by atoms with E-state index in [1.807, 2.05) is 6.07 Å². The predicted molar refractivity (Wildman–Crippen MR) is 130 cm³/mol. The summed E-state index contributed by atoms with van der Waals surface area (Å²) in [5.74, 6) is 0.326. The summed E-state index contributed by atoms with van der Waals surface area (Å²) >= 11 is 6.27. The highest BCUT2D eigenvalue weighted by Crippen LogP contribution is 2.40. The van der Waals surface area contributed by atoms with Crippen molar-refractivity contribution < 1.29 is 13.9 Å². The Labute approximate surface area is 205 Å². The van der Waals surface area contributed by atoms with Crippen molar-refractivity contribution in [2.75, 3.05) is 6.61 Å². The first-order chi connectivity index (χ1) is 16.8. The van der Waals surface area contributed by atoms with E-state index in [2.05, 4.69) is 9.97 Å². The van der Waals surface area contributed by atoms with Crippen LogP contribution in [0.3, 0.4) is 0 Å². The van der Waals surface area contributed by atoms with E-state index >= 15 is 0 Å². The third kappa shape index (κ3) is 4.05. The van der Waals surface area contributed by atoms with Crippen LogP contribution in [0, 0.1) is 6.92 Å². The van der Waals surface area contributed by atoms with E-state index in [0.29, 0.717) is 27.7 Å². The molecular weight excluding hydrogens is 472 g/mol. The Hall–Kier alpha value is -3.72. The molecule has 1 aliphatic carbocycles. The zero-order valence-corrected chi connectivity index (χ0v) is 20.3. The number of ether oxygens (including phenoxy) is 1. The molecular formula is C25H23ClN4O5. The second-order valence-corrected chi connectivity index (χ2v) is 8.93. The molecule has 35 heavy (non-hydrogen) atoms. The van der Waals surface area contributed by atoms with E-state index in [4.69, 9.17) is 20.8 Å². The molecule has 1 saturated carbocycles. The van der Waals surface area contributed by atoms with Crippen LogP contribution in [0.1, 0.15) is 53.2 Å². The van der Waals surface area contributed by atoms with Gasteiger partial charge in [0.05, 0.1) is 34.7 Å². The number of esters is 1. The lowest BCUT2D eigenvalue weighted by Crippen LogP contribution is -2.40. The first kappa shape index (κ1) is 23.0. The minimum Gasteiger partial charge on any atom is -0.462 e. The second-order valence-electron chi connectivity index (χ2n) is 8.52. The summed E-state index contributed by atoms with van der Waals surface area (Å²) in [5, 5.41) is 0.512. The number of aryl methyl sites for hydroxylation is 2. The van der Waals surface area contributed by atoms with Crippen LogP contribution in [0.5, 0.6) is 0 Å². The number of oxazole rings is 1. The Morgan fingerprint density at radius 3 is 2.66 bits per heavy atom. The quantitative estimate of drug-likeness (QED) is 0.375. The van der Waals surface area contributed by atoms with Gasteiger partial charge in [-0.05, 0) is 44.9 Å². The minimum absolute atomic E-state index is 0.0439. The van der Waals surface area contributed by atoms with Crippen molar-refractivity contribution in [2.24, 2.45) is 7.05 Å². The molecule has 0 unspecified atom stereocenters. The molecule has 0 spiro atoms. The fourth-order valence-corrected chi connectivity index (χ4v) is 4.29. The summed E-state index contributed by atoms with van der Waals surface area (Å²) in [6.45, 7) is 3.41. The van der Waals surface area contributed by atoms with Crippen LogP contribution in [0.2, 0.25) is 5.02 Å². The molecule has 0 N–H and O–H groups in total. The van der Waals surface area contributed by atoms with Gasteiger partial charge in [0.25, 0.3) is 5.56 Å². The average Bonchev–Trinajstić information content (AvgIpc) is 3.63. The molecule has 10 heteroatoms. The number of benzene rings is 1. The Morgan fingerprint density at radius 1 is 1.23 bits per heavy atom. The number of aromatic nitrogens is 4. The molecule has 3 aromatic heterocycles. The lowest BCUT2D eigenvalue weighted by atomic mass is 10.1. The Balaban J connectivity index is 1.67. The van der Waals surface area contributed by atoms with Crippen molar-refractivity contribution in [3.05, 3.63) is 78.9 Å². The zero-order valence-electron chi connectivity index (χ0n) is 19.5. The van der Waals surface area contributed by atoms with E-state index in [-0.39, 0.29) is 41.6 Å². The lowest BCUT2D eigenvalue weighted by molar-refractivity contribution is 0.0528. The summed E-state index contributed by atoms with van der Waals surface area (Å²) in [4.78, 5) is 48.7. The van der Waals surface area contributed by atoms with Gasteiger partial charge in [-0.15, -0.1) is 0 Å². The third-order valence-corrected chi connectivity index (χ3v) is 6.44. The van der Waals surface area contributed by atoms with Gasteiger partial charge >= 0.3 is 11.7 Å². The maximum atomic E-state index is 13.6. The fraction of sp³-hybridized carbons (Fsp3) is 0.320. The molecule has 1 aromatic carbocycles. The maximum Gasteiger partial charge on any atom is 0.339 e. The highest BCUT2D eigenvalue weighted by Gasteiger charge is 2.29. The van der Waals surface area contributed by atoms with Gasteiger partial charge in [-0.3, -0.25) is 13.9 Å². The third-order valence-electron chi connectivity index (χ3n) is 6.11. The fourth-order valence-electron chi connectivity index (χ4n) is 4.07. The van der Waals surface area contributed by atoms with Crippen molar-refractivity contribution in [3.8, 4) is 11.5 Å². The maximum absolute atomic E-state index is 13.6. The van der Waals surface area contributed by atoms with Gasteiger partial charge in [-0.2, -0.15) is 0 Å². The molecule has 1 aliphatic rings. The van der Waals surface area contributed by atoms with E-state index < -0.39 is 17.2 Å². The lowest BCUT2D eigenvalue weighted by Gasteiger charge is -2.13. The molecule has 0 atom stereocenters. The number of fused-ring (bicyclic) bond motifs is 1. The summed E-state index contributed by atoms with van der Waals surface area (Å²) in [6, 6.07) is 8.71. The van der Waals surface area contributed by atoms with Crippen LogP contribution in [0.4, 0.5) is 0 Å². The normalized spacial score (nSPS) is 13.4. The molecule has 1 fully saturated rings. The van der Waals surface area contributed by atoms with Crippen molar-refractivity contribution in [1.82, 2.24) is 19.1 Å². The molecule has 3 heterocycles. The van der Waals surface area contributed by atoms with Crippen molar-refractivity contribution in [3.63, 3.8) is 0 Å². The van der Waals surface area contributed by atoms with Crippen molar-refractivity contribution >= 4 is 28.6 Å². The summed E-state index contributed by atoms with van der Waals surface area (Å²) in [5.41, 5.74) is 0.757. The highest BCUT2D eigenvalue weighted by molar-refractivity contribution is 6.33. The van der Waals surface area contributed by atoms with Gasteiger partial charge in [0, 0.05) is 18.7 Å². The van der Waals surface area contributed by atoms with Crippen LogP contribution in [-0.4, -0.2) is 31.7 Å². The van der Waals surface area contributed by atoms with Gasteiger partial charge in [-0.1, -0.05) is 23.7 Å². The van der Waals surface area contributed by atoms with Crippen LogP contribution in [0.25, 0.3) is 22.5 Å². The number of rotatable bonds is 6. The Bertz CT molecular complexity index is 1600. The predicted octanol–water partition coefficient (Wildman–Crippen LogP) is 3.81. The minimum atomic E-state index is -0.636. The SMILES string of the molecule is CCOC(=O)c1cc(C2CC2)nc2c1c(=O)n(Cc1nc(-c3ccccc3Cl)oc1C)c(=O)n2C. The molecule has 5 rings (SSSR count). The number of carbonyl (C=O) groups excluding carboxylic acids is 1. The number of pyridine rings is 1. The summed E-state index contributed by atoms with van der Waals surface area (Å²) < 4.78 is 13.3. The Kier molecular flexibility index (Phi) is 5.80. The Morgan fingerprint density at radius 2 is 1.97 bits per heavy atom. The van der Waals surface area contributed by atoms with E-state index in [1.165, 1.54) is 11.6 Å². The van der Waals surface area contributed by atoms with E-state index in [0.717, 1.165) is 17.4 Å². The smallest absolute Gasteiger partial charge is 0.339 e. The second kappa shape index (κ2) is 8.81. The molecule has 0 bridgehead atoms. The van der Waals surface area contributed by atoms with E-state index in [1.54, 1.807) is 38.1 Å². The molecule has 0 aliphatic heterocycles. The summed E-state index contributed by atoms with van der Waals surface area (Å²) in [6.07, 6.45) is 1.90. The van der Waals surface area contributed by atoms with Crippen molar-refractivity contribution in [2.45, 2.75) is 39.2 Å². The zero-order chi connectivity index (χ0) is 24.9. The van der Waals surface area contributed by atoms with Gasteiger partial charge < -0.3 is 9.15 Å². The van der Waals surface area contributed by atoms with Crippen LogP contribution >= 0.6 is 11.6 Å². The average molecular weight is 495 g/mol. The van der Waals surface area contributed by atoms with Gasteiger partial charge in [0.1, 0.15) is 17.1 Å². The van der Waals surface area contributed by atoms with E-state index in [9.17, 15) is 14.4 Å². The van der Waals surface area contributed by atoms with Crippen LogP contribution in [0.15, 0.2) is 44.3 Å². The molecule has 0 saturated heterocycles. The van der Waals surface area contributed by atoms with Crippen LogP contribution < -0.4 is 11.2 Å². The molecule has 0 amide bonds. The molecule has 9 nitrogen and oxygen atoms in total. The van der Waals surface area contributed by atoms with Gasteiger partial charge in [0.2, 0.25) is 5.89 Å². The van der Waals surface area contributed by atoms with Crippen LogP contribution in [-0.2, 0) is 18.3 Å². The highest BCUT2D eigenvalue weighted by atomic mass is 35.5. The number of halogens is 1. The van der Waals surface area contributed by atoms with Crippen molar-refractivity contribution in [1.29, 1.82) is 0 Å². The molecule has 4 aromatic rings. The molecule has 0 radical (unpaired) electrons. The van der Waals surface area contributed by atoms with Gasteiger partial charge in [0.15, 0.2) is 0 Å². The summed E-state index contributed by atoms with van der Waals surface area (Å²) in [7, 11) is 1.53. The first-order valence-electron chi connectivity index (χ1n) is 11.3. The monoisotopic (exact) mass is 494 g/mol. The standard InChI is InChI=1S/C25H23ClN4O5/c1-4-34-24(32)16-11-18(14-9-10-14)27-21-20(16)23(31)30(25(33)29(21)3)12-19-13(2)35-22(28-19)15-7-5-6-8-17(15)26/h5-8,11,14H,4,9-10,12H2,1-3H3. The number of hydrogen-bond acceptors (Lipinski definition) is 7. The topological polar surface area (TPSA) is 109 Å². The number of hydrogen-bond donors (Lipinski definition) is 0. The number of carbonyl (C=O) groups is 1.